The van der Waals surface area contributed by atoms with Crippen LogP contribution >= 0.6 is 0 Å². The van der Waals surface area contributed by atoms with Crippen molar-refractivity contribution in [2.45, 2.75) is 65.2 Å². The Morgan fingerprint density at radius 3 is 2.38 bits per heavy atom. The Bertz CT molecular complexity index is 1370. The van der Waals surface area contributed by atoms with Crippen LogP contribution in [0, 0.1) is 29.1 Å². The number of aliphatic hydroxyl groups excluding tert-OH is 1. The molecule has 42 heavy (non-hydrogen) atoms. The molecule has 0 spiro atoms. The average Bonchev–Trinajstić information content (AvgIpc) is 3.22. The lowest BCUT2D eigenvalue weighted by Crippen LogP contribution is -2.55. The summed E-state index contributed by atoms with van der Waals surface area (Å²) in [6.45, 7) is 5.58. The van der Waals surface area contributed by atoms with E-state index in [9.17, 15) is 24.0 Å². The molecular weight excluding hydrogens is 538 g/mol. The summed E-state index contributed by atoms with van der Waals surface area (Å²) in [5, 5.41) is 18.0. The summed E-state index contributed by atoms with van der Waals surface area (Å²) in [6.07, 6.45) is 4.45. The van der Waals surface area contributed by atoms with E-state index < -0.39 is 35.1 Å². The molecule has 0 aromatic heterocycles. The molecule has 2 fully saturated rings. The number of carboxylic acid groups (broad SMARTS) is 1. The topological polar surface area (TPSA) is 138 Å². The number of imide groups is 1. The molecule has 0 bridgehead atoms. The number of Topliss-reactive ketones (excluding diaryl/α,β-unsaturated/α-hetero) is 2. The Kier molecular flexibility index (Phi) is 8.25. The number of allylic oxidation sites excluding steroid dienone is 4. The number of unbranched alkanes of at least 4 members (excludes halogenated alkanes) is 2. The van der Waals surface area contributed by atoms with Gasteiger partial charge in [0.1, 0.15) is 12.4 Å². The number of benzene rings is 1. The fourth-order valence-electron chi connectivity index (χ4n) is 7.89. The van der Waals surface area contributed by atoms with Crippen LogP contribution in [0.25, 0.3) is 0 Å². The molecule has 4 aliphatic rings. The molecule has 3 aliphatic carbocycles. The number of ketones is 2. The minimum absolute atomic E-state index is 0.0542. The van der Waals surface area contributed by atoms with Crippen LogP contribution in [-0.4, -0.2) is 64.2 Å². The largest absolute Gasteiger partial charge is 0.491 e. The SMILES string of the molecule is CC1=C(C)C(=O)[C@@]2(C)[C@@H](c3ccc(OCCO)cc3)C3=CC[C@@H]4C(=O)N(CCCCCC(=O)O)C(=O)[C@@H]4[C@@H]3C[C@H]2C1=O. The summed E-state index contributed by atoms with van der Waals surface area (Å²) >= 11 is 0. The second-order valence-corrected chi connectivity index (χ2v) is 12.3. The van der Waals surface area contributed by atoms with Crippen LogP contribution in [0.2, 0.25) is 0 Å². The van der Waals surface area contributed by atoms with E-state index in [4.69, 9.17) is 14.9 Å². The summed E-state index contributed by atoms with van der Waals surface area (Å²) in [6, 6.07) is 7.35. The average molecular weight is 578 g/mol. The molecule has 1 saturated heterocycles. The van der Waals surface area contributed by atoms with Gasteiger partial charge < -0.3 is 14.9 Å². The second kappa shape index (κ2) is 11.6. The molecule has 0 unspecified atom stereocenters. The number of hydrogen-bond acceptors (Lipinski definition) is 7. The van der Waals surface area contributed by atoms with E-state index in [1.165, 1.54) is 4.90 Å². The maximum absolute atomic E-state index is 14.1. The number of carboxylic acids is 1. The maximum atomic E-state index is 14.1. The van der Waals surface area contributed by atoms with E-state index >= 15 is 0 Å². The third-order valence-electron chi connectivity index (χ3n) is 10.1. The van der Waals surface area contributed by atoms with Crippen molar-refractivity contribution in [1.29, 1.82) is 0 Å². The predicted molar refractivity (Wildman–Crippen MR) is 152 cm³/mol. The van der Waals surface area contributed by atoms with Gasteiger partial charge in [-0.25, -0.2) is 0 Å². The van der Waals surface area contributed by atoms with Crippen molar-refractivity contribution in [2.75, 3.05) is 19.8 Å². The number of hydrogen-bond donors (Lipinski definition) is 2. The predicted octanol–water partition coefficient (Wildman–Crippen LogP) is 3.85. The molecule has 1 aromatic carbocycles. The van der Waals surface area contributed by atoms with Gasteiger partial charge in [-0.05, 0) is 74.3 Å². The lowest BCUT2D eigenvalue weighted by molar-refractivity contribution is -0.143. The Hall–Kier alpha value is -3.59. The summed E-state index contributed by atoms with van der Waals surface area (Å²) in [5.74, 6) is -3.39. The lowest BCUT2D eigenvalue weighted by Gasteiger charge is -2.54. The minimum atomic E-state index is -1.04. The van der Waals surface area contributed by atoms with E-state index in [1.807, 2.05) is 25.1 Å². The third-order valence-corrected chi connectivity index (χ3v) is 10.1. The van der Waals surface area contributed by atoms with Gasteiger partial charge in [0, 0.05) is 24.8 Å². The van der Waals surface area contributed by atoms with Crippen molar-refractivity contribution in [1.82, 2.24) is 4.90 Å². The first-order chi connectivity index (χ1) is 20.0. The molecule has 1 aromatic rings. The highest BCUT2D eigenvalue weighted by Gasteiger charge is 2.63. The van der Waals surface area contributed by atoms with Gasteiger partial charge in [-0.1, -0.05) is 37.1 Å². The molecule has 5 rings (SSSR count). The number of carbonyl (C=O) groups is 5. The van der Waals surface area contributed by atoms with Crippen LogP contribution < -0.4 is 4.74 Å². The number of likely N-dealkylation sites (tertiary alicyclic amines) is 1. The normalized spacial score (nSPS) is 30.6. The number of aliphatic carboxylic acids is 1. The van der Waals surface area contributed by atoms with Crippen molar-refractivity contribution in [3.05, 3.63) is 52.6 Å². The van der Waals surface area contributed by atoms with Crippen molar-refractivity contribution in [3.63, 3.8) is 0 Å². The van der Waals surface area contributed by atoms with Crippen LogP contribution in [0.1, 0.15) is 70.8 Å². The van der Waals surface area contributed by atoms with E-state index in [0.29, 0.717) is 49.0 Å². The molecule has 0 radical (unpaired) electrons. The number of amides is 2. The summed E-state index contributed by atoms with van der Waals surface area (Å²) in [4.78, 5) is 67.4. The van der Waals surface area contributed by atoms with Gasteiger partial charge in [-0.3, -0.25) is 28.9 Å². The van der Waals surface area contributed by atoms with Crippen LogP contribution in [0.4, 0.5) is 0 Å². The highest BCUT2D eigenvalue weighted by Crippen LogP contribution is 2.63. The summed E-state index contributed by atoms with van der Waals surface area (Å²) in [7, 11) is 0. The van der Waals surface area contributed by atoms with Crippen molar-refractivity contribution < 1.29 is 38.9 Å². The van der Waals surface area contributed by atoms with Crippen LogP contribution in [0.5, 0.6) is 5.75 Å². The van der Waals surface area contributed by atoms with Gasteiger partial charge in [0.2, 0.25) is 11.8 Å². The number of ether oxygens (including phenoxy) is 1. The molecule has 1 heterocycles. The zero-order chi connectivity index (χ0) is 30.3. The van der Waals surface area contributed by atoms with E-state index in [0.717, 1.165) is 11.1 Å². The van der Waals surface area contributed by atoms with Crippen molar-refractivity contribution in [2.24, 2.45) is 29.1 Å². The second-order valence-electron chi connectivity index (χ2n) is 12.3. The Balaban J connectivity index is 1.50. The smallest absolute Gasteiger partial charge is 0.303 e. The Morgan fingerprint density at radius 2 is 1.71 bits per heavy atom. The first kappa shape index (κ1) is 29.9. The Morgan fingerprint density at radius 1 is 1.00 bits per heavy atom. The van der Waals surface area contributed by atoms with Gasteiger partial charge in [0.15, 0.2) is 11.6 Å². The molecular formula is C33H39NO8. The Labute approximate surface area is 245 Å². The fourth-order valence-corrected chi connectivity index (χ4v) is 7.89. The number of carbonyl (C=O) groups excluding carboxylic acids is 4. The van der Waals surface area contributed by atoms with Gasteiger partial charge in [0.25, 0.3) is 0 Å². The summed E-state index contributed by atoms with van der Waals surface area (Å²) in [5.41, 5.74) is 1.68. The van der Waals surface area contributed by atoms with Gasteiger partial charge in [0.05, 0.1) is 23.9 Å². The lowest BCUT2D eigenvalue weighted by atomic mass is 9.46. The molecule has 9 nitrogen and oxygen atoms in total. The number of rotatable bonds is 10. The standard InChI is InChI=1S/C33H39NO8/c1-18-19(2)30(39)33(3)25(29(18)38)17-24-22(28(33)20-8-10-21(11-9-20)42-16-15-35)12-13-23-27(24)32(41)34(31(23)40)14-6-4-5-7-26(36)37/h8-12,23-25,27-28,35H,4-7,13-17H2,1-3H3,(H,36,37)/t23-,24+,25-,27-,28-,33+/m0/s1. The highest BCUT2D eigenvalue weighted by molar-refractivity contribution is 6.16. The minimum Gasteiger partial charge on any atom is -0.491 e. The number of nitrogens with zero attached hydrogens (tertiary/aromatic N) is 1. The molecule has 6 atom stereocenters. The zero-order valence-electron chi connectivity index (χ0n) is 24.4. The van der Waals surface area contributed by atoms with E-state index in [-0.39, 0.29) is 55.5 Å². The molecule has 2 amide bonds. The first-order valence-electron chi connectivity index (χ1n) is 14.9. The van der Waals surface area contributed by atoms with Gasteiger partial charge in [-0.2, -0.15) is 0 Å². The number of fused-ring (bicyclic) bond motifs is 4. The molecule has 1 saturated carbocycles. The van der Waals surface area contributed by atoms with E-state index in [1.54, 1.807) is 26.0 Å². The monoisotopic (exact) mass is 577 g/mol. The van der Waals surface area contributed by atoms with Crippen molar-refractivity contribution >= 4 is 29.4 Å². The van der Waals surface area contributed by atoms with Crippen LogP contribution in [0.15, 0.2) is 47.1 Å². The summed E-state index contributed by atoms with van der Waals surface area (Å²) < 4.78 is 5.55. The van der Waals surface area contributed by atoms with Crippen molar-refractivity contribution in [3.8, 4) is 5.75 Å². The molecule has 224 valence electrons. The number of aliphatic hydroxyl groups is 1. The third kappa shape index (κ3) is 4.81. The van der Waals surface area contributed by atoms with Gasteiger partial charge >= 0.3 is 5.97 Å². The van der Waals surface area contributed by atoms with Crippen LogP contribution in [0.3, 0.4) is 0 Å². The molecule has 2 N–H and O–H groups in total. The highest BCUT2D eigenvalue weighted by atomic mass is 16.5. The quantitative estimate of drug-likeness (QED) is 0.243. The van der Waals surface area contributed by atoms with E-state index in [2.05, 4.69) is 0 Å². The first-order valence-corrected chi connectivity index (χ1v) is 14.9. The zero-order valence-corrected chi connectivity index (χ0v) is 24.4. The maximum Gasteiger partial charge on any atom is 0.303 e. The van der Waals surface area contributed by atoms with Gasteiger partial charge in [-0.15, -0.1) is 0 Å². The van der Waals surface area contributed by atoms with Crippen LogP contribution in [-0.2, 0) is 24.0 Å². The fraction of sp³-hybridized carbons (Fsp3) is 0.545. The molecule has 1 aliphatic heterocycles. The molecule has 9 heteroatoms.